The van der Waals surface area contributed by atoms with Gasteiger partial charge in [0.2, 0.25) is 0 Å². The molecule has 0 aliphatic heterocycles. The Bertz CT molecular complexity index is 353. The molecule has 0 fully saturated rings. The van der Waals surface area contributed by atoms with Crippen LogP contribution in [0.3, 0.4) is 0 Å². The second-order valence-electron chi connectivity index (χ2n) is 3.91. The number of rotatable bonds is 7. The Morgan fingerprint density at radius 1 is 1.35 bits per heavy atom. The molecule has 0 spiro atoms. The molecule has 0 aliphatic rings. The Balaban J connectivity index is 2.19. The summed E-state index contributed by atoms with van der Waals surface area (Å²) in [6, 6.07) is 7.66. The maximum Gasteiger partial charge on any atom is 0.257 e. The first-order chi connectivity index (χ1) is 8.22. The molecule has 4 nitrogen and oxygen atoms in total. The predicted octanol–water partition coefficient (Wildman–Crippen LogP) is 1.10. The first-order valence-electron chi connectivity index (χ1n) is 5.83. The molecule has 2 N–H and O–H groups in total. The molecule has 1 aromatic carbocycles. The van der Waals surface area contributed by atoms with Gasteiger partial charge in [0.05, 0.1) is 0 Å². The third-order valence-corrected chi connectivity index (χ3v) is 2.29. The van der Waals surface area contributed by atoms with Gasteiger partial charge in [0, 0.05) is 6.54 Å². The molecule has 0 radical (unpaired) electrons. The molecular formula is C13H20N2O2. The van der Waals surface area contributed by atoms with Gasteiger partial charge in [-0.05, 0) is 44.6 Å². The SMILES string of the molecule is CNCCCNC(=O)COc1cccc(C)c1. The third-order valence-electron chi connectivity index (χ3n) is 2.29. The number of amides is 1. The van der Waals surface area contributed by atoms with Crippen molar-refractivity contribution in [2.24, 2.45) is 0 Å². The van der Waals surface area contributed by atoms with E-state index in [1.165, 1.54) is 0 Å². The van der Waals surface area contributed by atoms with Crippen LogP contribution in [0.1, 0.15) is 12.0 Å². The van der Waals surface area contributed by atoms with Crippen molar-refractivity contribution in [2.45, 2.75) is 13.3 Å². The van der Waals surface area contributed by atoms with Crippen LogP contribution in [0.5, 0.6) is 5.75 Å². The Kier molecular flexibility index (Phi) is 6.10. The third kappa shape index (κ3) is 5.92. The lowest BCUT2D eigenvalue weighted by Gasteiger charge is -2.07. The quantitative estimate of drug-likeness (QED) is 0.697. The van der Waals surface area contributed by atoms with Crippen molar-refractivity contribution in [2.75, 3.05) is 26.7 Å². The van der Waals surface area contributed by atoms with Crippen molar-refractivity contribution < 1.29 is 9.53 Å². The lowest BCUT2D eigenvalue weighted by Crippen LogP contribution is -2.30. The van der Waals surface area contributed by atoms with E-state index < -0.39 is 0 Å². The normalized spacial score (nSPS) is 10.0. The average molecular weight is 236 g/mol. The molecule has 94 valence electrons. The van der Waals surface area contributed by atoms with Gasteiger partial charge in [-0.3, -0.25) is 4.79 Å². The number of ether oxygens (including phenoxy) is 1. The van der Waals surface area contributed by atoms with Gasteiger partial charge in [-0.2, -0.15) is 0 Å². The highest BCUT2D eigenvalue weighted by molar-refractivity contribution is 5.77. The van der Waals surface area contributed by atoms with Gasteiger partial charge in [0.15, 0.2) is 6.61 Å². The van der Waals surface area contributed by atoms with Crippen LogP contribution in [0.2, 0.25) is 0 Å². The highest BCUT2D eigenvalue weighted by atomic mass is 16.5. The van der Waals surface area contributed by atoms with Gasteiger partial charge >= 0.3 is 0 Å². The summed E-state index contributed by atoms with van der Waals surface area (Å²) in [4.78, 5) is 11.4. The number of hydrogen-bond donors (Lipinski definition) is 2. The minimum absolute atomic E-state index is 0.0724. The van der Waals surface area contributed by atoms with Gasteiger partial charge in [0.1, 0.15) is 5.75 Å². The van der Waals surface area contributed by atoms with Crippen LogP contribution in [0, 0.1) is 6.92 Å². The summed E-state index contributed by atoms with van der Waals surface area (Å²) in [5.74, 6) is 0.651. The fourth-order valence-corrected chi connectivity index (χ4v) is 1.40. The fourth-order valence-electron chi connectivity index (χ4n) is 1.40. The van der Waals surface area contributed by atoms with E-state index >= 15 is 0 Å². The standard InChI is InChI=1S/C13H20N2O2/c1-11-5-3-6-12(9-11)17-10-13(16)15-8-4-7-14-2/h3,5-6,9,14H,4,7-8,10H2,1-2H3,(H,15,16). The fraction of sp³-hybridized carbons (Fsp3) is 0.462. The summed E-state index contributed by atoms with van der Waals surface area (Å²) in [6.07, 6.45) is 0.923. The smallest absolute Gasteiger partial charge is 0.257 e. The average Bonchev–Trinajstić information content (AvgIpc) is 2.32. The molecule has 1 aromatic rings. The summed E-state index contributed by atoms with van der Waals surface area (Å²) in [7, 11) is 1.89. The number of aryl methyl sites for hydroxylation is 1. The zero-order valence-corrected chi connectivity index (χ0v) is 10.5. The van der Waals surface area contributed by atoms with E-state index in [1.807, 2.05) is 38.2 Å². The number of nitrogens with one attached hydrogen (secondary N) is 2. The molecule has 0 aromatic heterocycles. The zero-order chi connectivity index (χ0) is 12.5. The molecule has 0 bridgehead atoms. The summed E-state index contributed by atoms with van der Waals surface area (Å²) < 4.78 is 5.38. The maximum absolute atomic E-state index is 11.4. The van der Waals surface area contributed by atoms with E-state index in [2.05, 4.69) is 10.6 Å². The second-order valence-corrected chi connectivity index (χ2v) is 3.91. The van der Waals surface area contributed by atoms with E-state index in [9.17, 15) is 4.79 Å². The molecule has 1 rings (SSSR count). The van der Waals surface area contributed by atoms with Crippen molar-refractivity contribution in [3.63, 3.8) is 0 Å². The lowest BCUT2D eigenvalue weighted by atomic mass is 10.2. The number of carbonyl (C=O) groups excluding carboxylic acids is 1. The summed E-state index contributed by atoms with van der Waals surface area (Å²) >= 11 is 0. The van der Waals surface area contributed by atoms with Crippen molar-refractivity contribution >= 4 is 5.91 Å². The van der Waals surface area contributed by atoms with Gasteiger partial charge < -0.3 is 15.4 Å². The van der Waals surface area contributed by atoms with Crippen LogP contribution in [0.25, 0.3) is 0 Å². The number of carbonyl (C=O) groups is 1. The lowest BCUT2D eigenvalue weighted by molar-refractivity contribution is -0.123. The highest BCUT2D eigenvalue weighted by Crippen LogP contribution is 2.11. The second kappa shape index (κ2) is 7.68. The van der Waals surface area contributed by atoms with Gasteiger partial charge in [-0.25, -0.2) is 0 Å². The highest BCUT2D eigenvalue weighted by Gasteiger charge is 2.01. The number of benzene rings is 1. The van der Waals surface area contributed by atoms with E-state index in [1.54, 1.807) is 0 Å². The van der Waals surface area contributed by atoms with E-state index in [-0.39, 0.29) is 12.5 Å². The van der Waals surface area contributed by atoms with E-state index in [0.29, 0.717) is 6.54 Å². The largest absolute Gasteiger partial charge is 0.484 e. The molecule has 17 heavy (non-hydrogen) atoms. The summed E-state index contributed by atoms with van der Waals surface area (Å²) in [5, 5.41) is 5.82. The monoisotopic (exact) mass is 236 g/mol. The van der Waals surface area contributed by atoms with Crippen molar-refractivity contribution in [1.29, 1.82) is 0 Å². The van der Waals surface area contributed by atoms with Crippen LogP contribution in [0.4, 0.5) is 0 Å². The molecule has 1 amide bonds. The van der Waals surface area contributed by atoms with Crippen LogP contribution >= 0.6 is 0 Å². The first kappa shape index (κ1) is 13.5. The van der Waals surface area contributed by atoms with Crippen LogP contribution in [0.15, 0.2) is 24.3 Å². The Morgan fingerprint density at radius 3 is 2.88 bits per heavy atom. The first-order valence-corrected chi connectivity index (χ1v) is 5.83. The Hall–Kier alpha value is -1.55. The molecule has 0 atom stereocenters. The van der Waals surface area contributed by atoms with Crippen LogP contribution in [-0.4, -0.2) is 32.7 Å². The molecular weight excluding hydrogens is 216 g/mol. The van der Waals surface area contributed by atoms with Crippen molar-refractivity contribution in [3.05, 3.63) is 29.8 Å². The molecule has 0 aliphatic carbocycles. The van der Waals surface area contributed by atoms with Gasteiger partial charge in [0.25, 0.3) is 5.91 Å². The zero-order valence-electron chi connectivity index (χ0n) is 10.5. The van der Waals surface area contributed by atoms with E-state index in [0.717, 1.165) is 24.3 Å². The van der Waals surface area contributed by atoms with Crippen molar-refractivity contribution in [1.82, 2.24) is 10.6 Å². The van der Waals surface area contributed by atoms with Crippen LogP contribution < -0.4 is 15.4 Å². The van der Waals surface area contributed by atoms with Crippen molar-refractivity contribution in [3.8, 4) is 5.75 Å². The molecule has 0 unspecified atom stereocenters. The Morgan fingerprint density at radius 2 is 2.18 bits per heavy atom. The number of hydrogen-bond acceptors (Lipinski definition) is 3. The molecule has 0 saturated heterocycles. The Labute approximate surface area is 102 Å². The molecule has 4 heteroatoms. The maximum atomic E-state index is 11.4. The summed E-state index contributed by atoms with van der Waals surface area (Å²) in [5.41, 5.74) is 1.12. The minimum Gasteiger partial charge on any atom is -0.484 e. The van der Waals surface area contributed by atoms with Crippen LogP contribution in [-0.2, 0) is 4.79 Å². The van der Waals surface area contributed by atoms with Gasteiger partial charge in [-0.15, -0.1) is 0 Å². The molecule has 0 heterocycles. The minimum atomic E-state index is -0.0809. The van der Waals surface area contributed by atoms with Gasteiger partial charge in [-0.1, -0.05) is 12.1 Å². The van der Waals surface area contributed by atoms with E-state index in [4.69, 9.17) is 4.74 Å². The predicted molar refractivity (Wildman–Crippen MR) is 68.2 cm³/mol. The topological polar surface area (TPSA) is 50.4 Å². The summed E-state index contributed by atoms with van der Waals surface area (Å²) in [6.45, 7) is 3.64. The molecule has 0 saturated carbocycles.